The Bertz CT molecular complexity index is 1310. The van der Waals surface area contributed by atoms with Crippen LogP contribution in [0.15, 0.2) is 61.2 Å². The zero-order valence-corrected chi connectivity index (χ0v) is 18.0. The molecule has 0 unspecified atom stereocenters. The molecule has 7 N–H and O–H groups in total. The average Bonchev–Trinajstić information content (AvgIpc) is 3.39. The number of aliphatic hydroxyl groups excluding tert-OH is 3. The number of rotatable bonds is 6. The summed E-state index contributed by atoms with van der Waals surface area (Å²) in [5.74, 6) is -1.33. The summed E-state index contributed by atoms with van der Waals surface area (Å²) in [5, 5.41) is 44.1. The number of nitrogens with two attached hydrogens (primary N) is 1. The molecule has 5 rings (SSSR count). The summed E-state index contributed by atoms with van der Waals surface area (Å²) in [6.07, 6.45) is -1.19. The first kappa shape index (κ1) is 22.2. The second-order valence-electron chi connectivity index (χ2n) is 8.12. The highest BCUT2D eigenvalue weighted by atomic mass is 16.6. The molecule has 4 atom stereocenters. The number of aliphatic hydroxyl groups is 3. The molecule has 2 aromatic heterocycles. The van der Waals surface area contributed by atoms with Gasteiger partial charge in [-0.3, -0.25) is 9.88 Å². The van der Waals surface area contributed by atoms with Gasteiger partial charge in [0, 0.05) is 6.54 Å². The summed E-state index contributed by atoms with van der Waals surface area (Å²) < 4.78 is 7.43. The van der Waals surface area contributed by atoms with Crippen molar-refractivity contribution in [2.75, 3.05) is 12.3 Å². The van der Waals surface area contributed by atoms with Gasteiger partial charge >= 0.3 is 0 Å². The maximum atomic E-state index is 11.0. The van der Waals surface area contributed by atoms with E-state index in [1.54, 1.807) is 18.2 Å². The quantitative estimate of drug-likeness (QED) is 0.233. The molecule has 1 aliphatic heterocycles. The molecule has 0 amide bonds. The number of benzene rings is 2. The molecule has 0 radical (unpaired) electrons. The smallest absolute Gasteiger partial charge is 0.234 e. The fraction of sp³-hybridized carbons (Fsp3) is 0.261. The molecule has 0 aliphatic carbocycles. The number of phenolic OH excluding ortho intramolecular Hbond substituents is 1. The molecule has 11 heteroatoms. The largest absolute Gasteiger partial charge is 0.508 e. The van der Waals surface area contributed by atoms with Gasteiger partial charge in [0.15, 0.2) is 11.5 Å². The predicted octanol–water partition coefficient (Wildman–Crippen LogP) is 0.294. The zero-order valence-electron chi connectivity index (χ0n) is 18.0. The van der Waals surface area contributed by atoms with E-state index in [9.17, 15) is 20.4 Å². The van der Waals surface area contributed by atoms with Crippen LogP contribution in [0.3, 0.4) is 0 Å². The molecule has 1 fully saturated rings. The normalized spacial score (nSPS) is 24.6. The van der Waals surface area contributed by atoms with Gasteiger partial charge in [-0.1, -0.05) is 36.4 Å². The van der Waals surface area contributed by atoms with E-state index in [-0.39, 0.29) is 18.1 Å². The fourth-order valence-corrected chi connectivity index (χ4v) is 4.21. The van der Waals surface area contributed by atoms with Gasteiger partial charge in [-0.2, -0.15) is 0 Å². The number of hydrogen-bond acceptors (Lipinski definition) is 10. The highest BCUT2D eigenvalue weighted by Gasteiger charge is 2.56. The number of nitrogens with one attached hydrogen (secondary N) is 1. The van der Waals surface area contributed by atoms with Crippen LogP contribution in [0.25, 0.3) is 22.3 Å². The van der Waals surface area contributed by atoms with Crippen molar-refractivity contribution in [1.29, 1.82) is 0 Å². The number of imidazole rings is 1. The number of hydrogen-bond donors (Lipinski definition) is 6. The first-order chi connectivity index (χ1) is 16.4. The van der Waals surface area contributed by atoms with E-state index < -0.39 is 30.8 Å². The van der Waals surface area contributed by atoms with Crippen molar-refractivity contribution < 1.29 is 25.2 Å². The average molecular weight is 464 g/mol. The number of aromatic nitrogens is 4. The van der Waals surface area contributed by atoms with Crippen LogP contribution in [0.4, 0.5) is 5.82 Å². The van der Waals surface area contributed by atoms with Gasteiger partial charge in [0.05, 0.1) is 6.61 Å². The van der Waals surface area contributed by atoms with Crippen LogP contribution in [0, 0.1) is 0 Å². The number of aromatic hydroxyl groups is 1. The number of phenols is 1. The van der Waals surface area contributed by atoms with Crippen molar-refractivity contribution in [3.8, 4) is 16.9 Å². The lowest BCUT2D eigenvalue weighted by molar-refractivity contribution is -0.169. The second-order valence-corrected chi connectivity index (χ2v) is 8.12. The molecule has 0 spiro atoms. The highest BCUT2D eigenvalue weighted by molar-refractivity contribution is 5.81. The van der Waals surface area contributed by atoms with Gasteiger partial charge in [0.1, 0.15) is 42.2 Å². The molecule has 11 nitrogen and oxygen atoms in total. The van der Waals surface area contributed by atoms with Crippen LogP contribution in [-0.2, 0) is 17.1 Å². The Kier molecular flexibility index (Phi) is 5.63. The fourth-order valence-electron chi connectivity index (χ4n) is 4.21. The summed E-state index contributed by atoms with van der Waals surface area (Å²) >= 11 is 0. The van der Waals surface area contributed by atoms with Gasteiger partial charge in [0.2, 0.25) is 5.85 Å². The third kappa shape index (κ3) is 3.65. The SMILES string of the molecule is Nc1ncnc2c1ncn2[C@]1(NCc2ccc(-c3cccc(O)c3)cc2)O[C@H](CO)[C@@H](O)[C@H]1O. The Hall–Kier alpha value is -3.61. The van der Waals surface area contributed by atoms with E-state index in [1.807, 2.05) is 30.3 Å². The molecule has 34 heavy (non-hydrogen) atoms. The molecule has 3 heterocycles. The molecule has 1 aliphatic rings. The van der Waals surface area contributed by atoms with E-state index in [2.05, 4.69) is 20.3 Å². The molecule has 0 bridgehead atoms. The number of nitrogen functional groups attached to an aromatic ring is 1. The lowest BCUT2D eigenvalue weighted by Gasteiger charge is -2.34. The van der Waals surface area contributed by atoms with Gasteiger partial charge in [-0.05, 0) is 28.8 Å². The van der Waals surface area contributed by atoms with E-state index in [1.165, 1.54) is 17.2 Å². The summed E-state index contributed by atoms with van der Waals surface area (Å²) in [6, 6.07) is 14.6. The lowest BCUT2D eigenvalue weighted by atomic mass is 10.0. The van der Waals surface area contributed by atoms with E-state index in [0.717, 1.165) is 16.7 Å². The third-order valence-electron chi connectivity index (χ3n) is 6.02. The van der Waals surface area contributed by atoms with E-state index >= 15 is 0 Å². The van der Waals surface area contributed by atoms with Gasteiger partial charge < -0.3 is 30.9 Å². The van der Waals surface area contributed by atoms with E-state index in [0.29, 0.717) is 11.2 Å². The van der Waals surface area contributed by atoms with Crippen molar-refractivity contribution in [1.82, 2.24) is 24.8 Å². The minimum Gasteiger partial charge on any atom is -0.508 e. The minimum absolute atomic E-state index is 0.160. The number of fused-ring (bicyclic) bond motifs is 1. The van der Waals surface area contributed by atoms with Crippen molar-refractivity contribution in [3.05, 3.63) is 66.7 Å². The summed E-state index contributed by atoms with van der Waals surface area (Å²) in [4.78, 5) is 12.4. The summed E-state index contributed by atoms with van der Waals surface area (Å²) in [5.41, 5.74) is 9.18. The van der Waals surface area contributed by atoms with Crippen molar-refractivity contribution >= 4 is 17.0 Å². The summed E-state index contributed by atoms with van der Waals surface area (Å²) in [7, 11) is 0. The van der Waals surface area contributed by atoms with Crippen LogP contribution >= 0.6 is 0 Å². The first-order valence-electron chi connectivity index (χ1n) is 10.6. The van der Waals surface area contributed by atoms with Crippen molar-refractivity contribution in [3.63, 3.8) is 0 Å². The Balaban J connectivity index is 1.47. The molecule has 4 aromatic rings. The van der Waals surface area contributed by atoms with Gasteiger partial charge in [0.25, 0.3) is 0 Å². The zero-order chi connectivity index (χ0) is 23.9. The standard InChI is InChI=1S/C23H24N6O5/c24-21-18-22(26-11-25-21)29(12-27-18)23(20(33)19(32)17(10-30)34-23)28-9-13-4-6-14(7-5-13)15-2-1-3-16(31)8-15/h1-8,11-12,17,19-20,28,30-33H,9-10H2,(H2,24,25,26)/t17-,19-,20-,23+/m1/s1. The topological polar surface area (TPSA) is 172 Å². The first-order valence-corrected chi connectivity index (χ1v) is 10.6. The van der Waals surface area contributed by atoms with Crippen LogP contribution in [0.5, 0.6) is 5.75 Å². The minimum atomic E-state index is -1.67. The predicted molar refractivity (Wildman–Crippen MR) is 122 cm³/mol. The second kappa shape index (κ2) is 8.63. The Morgan fingerprint density at radius 1 is 1.06 bits per heavy atom. The van der Waals surface area contributed by atoms with Crippen LogP contribution in [-0.4, -0.2) is 64.9 Å². The maximum absolute atomic E-state index is 11.0. The highest BCUT2D eigenvalue weighted by Crippen LogP contribution is 2.36. The van der Waals surface area contributed by atoms with E-state index in [4.69, 9.17) is 10.5 Å². The van der Waals surface area contributed by atoms with Crippen molar-refractivity contribution in [2.45, 2.75) is 30.7 Å². The Labute approximate surface area is 194 Å². The Morgan fingerprint density at radius 2 is 1.85 bits per heavy atom. The third-order valence-corrected chi connectivity index (χ3v) is 6.02. The maximum Gasteiger partial charge on any atom is 0.234 e. The number of ether oxygens (including phenoxy) is 1. The van der Waals surface area contributed by atoms with Crippen LogP contribution < -0.4 is 11.1 Å². The van der Waals surface area contributed by atoms with Gasteiger partial charge in [-0.15, -0.1) is 0 Å². The monoisotopic (exact) mass is 464 g/mol. The molecule has 0 saturated carbocycles. The number of anilines is 1. The molecule has 1 saturated heterocycles. The van der Waals surface area contributed by atoms with Gasteiger partial charge in [-0.25, -0.2) is 15.0 Å². The van der Waals surface area contributed by atoms with Crippen LogP contribution in [0.1, 0.15) is 5.56 Å². The van der Waals surface area contributed by atoms with Crippen molar-refractivity contribution in [2.24, 2.45) is 0 Å². The Morgan fingerprint density at radius 3 is 2.56 bits per heavy atom. The molecule has 176 valence electrons. The lowest BCUT2D eigenvalue weighted by Crippen LogP contribution is -2.55. The summed E-state index contributed by atoms with van der Waals surface area (Å²) in [6.45, 7) is -0.257. The molecular formula is C23H24N6O5. The molecule has 2 aromatic carbocycles. The van der Waals surface area contributed by atoms with Crippen LogP contribution in [0.2, 0.25) is 0 Å². The number of nitrogens with zero attached hydrogens (tertiary/aromatic N) is 4. The molecular weight excluding hydrogens is 440 g/mol.